The van der Waals surface area contributed by atoms with Crippen molar-refractivity contribution in [3.05, 3.63) is 33.9 Å². The SMILES string of the molecule is Cc1cc(C)c(C)c(CNC(C)(C)C)c1C. The summed E-state index contributed by atoms with van der Waals surface area (Å²) in [5.74, 6) is 0. The van der Waals surface area contributed by atoms with Gasteiger partial charge in [0.1, 0.15) is 0 Å². The quantitative estimate of drug-likeness (QED) is 0.797. The molecule has 0 saturated carbocycles. The average molecular weight is 219 g/mol. The number of benzene rings is 1. The number of rotatable bonds is 2. The zero-order valence-corrected chi connectivity index (χ0v) is 11.8. The lowest BCUT2D eigenvalue weighted by Crippen LogP contribution is -2.35. The molecule has 1 aromatic rings. The Morgan fingerprint density at radius 3 is 1.75 bits per heavy atom. The van der Waals surface area contributed by atoms with Gasteiger partial charge in [0, 0.05) is 12.1 Å². The molecule has 0 amide bonds. The van der Waals surface area contributed by atoms with E-state index in [4.69, 9.17) is 0 Å². The highest BCUT2D eigenvalue weighted by atomic mass is 14.9. The number of nitrogens with one attached hydrogen (secondary N) is 1. The van der Waals surface area contributed by atoms with Gasteiger partial charge in [-0.1, -0.05) is 6.07 Å². The van der Waals surface area contributed by atoms with Crippen LogP contribution in [0.25, 0.3) is 0 Å². The predicted molar refractivity (Wildman–Crippen MR) is 72.0 cm³/mol. The Kier molecular flexibility index (Phi) is 3.80. The summed E-state index contributed by atoms with van der Waals surface area (Å²) < 4.78 is 0. The first-order valence-electron chi connectivity index (χ1n) is 6.03. The first kappa shape index (κ1) is 13.2. The molecule has 1 nitrogen and oxygen atoms in total. The Morgan fingerprint density at radius 1 is 0.938 bits per heavy atom. The molecule has 0 bridgehead atoms. The van der Waals surface area contributed by atoms with Crippen molar-refractivity contribution >= 4 is 0 Å². The van der Waals surface area contributed by atoms with Gasteiger partial charge < -0.3 is 5.32 Å². The van der Waals surface area contributed by atoms with Crippen molar-refractivity contribution in [2.45, 2.75) is 60.5 Å². The van der Waals surface area contributed by atoms with Gasteiger partial charge in [0.15, 0.2) is 0 Å². The normalized spacial score (nSPS) is 11.9. The third-order valence-electron chi connectivity index (χ3n) is 3.32. The number of aryl methyl sites for hydroxylation is 2. The fourth-order valence-corrected chi connectivity index (χ4v) is 1.92. The first-order chi connectivity index (χ1) is 7.22. The van der Waals surface area contributed by atoms with Crippen LogP contribution in [0.3, 0.4) is 0 Å². The van der Waals surface area contributed by atoms with Crippen LogP contribution in [0.1, 0.15) is 48.6 Å². The van der Waals surface area contributed by atoms with Gasteiger partial charge in [-0.15, -0.1) is 0 Å². The van der Waals surface area contributed by atoms with Gasteiger partial charge in [-0.25, -0.2) is 0 Å². The van der Waals surface area contributed by atoms with Crippen LogP contribution in [0.15, 0.2) is 6.07 Å². The van der Waals surface area contributed by atoms with Crippen molar-refractivity contribution in [2.24, 2.45) is 0 Å². The van der Waals surface area contributed by atoms with Gasteiger partial charge in [-0.05, 0) is 76.3 Å². The van der Waals surface area contributed by atoms with Crippen molar-refractivity contribution in [1.29, 1.82) is 0 Å². The molecule has 0 heterocycles. The Hall–Kier alpha value is -0.820. The van der Waals surface area contributed by atoms with Crippen LogP contribution in [-0.4, -0.2) is 5.54 Å². The fourth-order valence-electron chi connectivity index (χ4n) is 1.92. The third-order valence-corrected chi connectivity index (χ3v) is 3.32. The molecule has 0 radical (unpaired) electrons. The number of hydrogen-bond donors (Lipinski definition) is 1. The second-order valence-electron chi connectivity index (χ2n) is 5.84. The monoisotopic (exact) mass is 219 g/mol. The number of hydrogen-bond acceptors (Lipinski definition) is 1. The maximum absolute atomic E-state index is 3.57. The van der Waals surface area contributed by atoms with E-state index in [9.17, 15) is 0 Å². The zero-order valence-electron chi connectivity index (χ0n) is 11.8. The Balaban J connectivity index is 3.04. The molecular weight excluding hydrogens is 194 g/mol. The van der Waals surface area contributed by atoms with E-state index in [0.29, 0.717) is 0 Å². The minimum absolute atomic E-state index is 0.177. The van der Waals surface area contributed by atoms with Crippen molar-refractivity contribution in [3.8, 4) is 0 Å². The molecular formula is C15H25N. The van der Waals surface area contributed by atoms with Crippen LogP contribution in [0.4, 0.5) is 0 Å². The molecule has 16 heavy (non-hydrogen) atoms. The van der Waals surface area contributed by atoms with Gasteiger partial charge in [0.05, 0.1) is 0 Å². The third kappa shape index (κ3) is 3.08. The highest BCUT2D eigenvalue weighted by Crippen LogP contribution is 2.22. The summed E-state index contributed by atoms with van der Waals surface area (Å²) in [6.45, 7) is 16.4. The molecule has 0 saturated heterocycles. The minimum Gasteiger partial charge on any atom is -0.308 e. The maximum Gasteiger partial charge on any atom is 0.0215 e. The second kappa shape index (κ2) is 4.58. The first-order valence-corrected chi connectivity index (χ1v) is 6.03. The van der Waals surface area contributed by atoms with Gasteiger partial charge in [0.25, 0.3) is 0 Å². The van der Waals surface area contributed by atoms with Gasteiger partial charge >= 0.3 is 0 Å². The van der Waals surface area contributed by atoms with Gasteiger partial charge in [-0.2, -0.15) is 0 Å². The van der Waals surface area contributed by atoms with E-state index >= 15 is 0 Å². The van der Waals surface area contributed by atoms with Crippen LogP contribution in [0.2, 0.25) is 0 Å². The average Bonchev–Trinajstić information content (AvgIpc) is 2.13. The lowest BCUT2D eigenvalue weighted by molar-refractivity contribution is 0.423. The molecule has 0 aromatic heterocycles. The standard InChI is InChI=1S/C15H25N/c1-10-8-11(2)13(4)14(12(10)3)9-16-15(5,6)7/h8,16H,9H2,1-7H3. The molecule has 0 spiro atoms. The Bertz CT molecular complexity index is 357. The molecule has 1 N–H and O–H groups in total. The molecule has 0 unspecified atom stereocenters. The highest BCUT2D eigenvalue weighted by Gasteiger charge is 2.12. The van der Waals surface area contributed by atoms with Crippen LogP contribution in [0.5, 0.6) is 0 Å². The van der Waals surface area contributed by atoms with E-state index < -0.39 is 0 Å². The summed E-state index contributed by atoms with van der Waals surface area (Å²) in [5.41, 5.74) is 7.30. The van der Waals surface area contributed by atoms with E-state index in [-0.39, 0.29) is 5.54 Å². The van der Waals surface area contributed by atoms with Crippen LogP contribution in [-0.2, 0) is 6.54 Å². The van der Waals surface area contributed by atoms with E-state index in [1.54, 1.807) is 0 Å². The summed E-state index contributed by atoms with van der Waals surface area (Å²) >= 11 is 0. The lowest BCUT2D eigenvalue weighted by Gasteiger charge is -2.23. The molecule has 0 atom stereocenters. The zero-order chi connectivity index (χ0) is 12.5. The Morgan fingerprint density at radius 2 is 1.38 bits per heavy atom. The predicted octanol–water partition coefficient (Wildman–Crippen LogP) is 3.81. The summed E-state index contributed by atoms with van der Waals surface area (Å²) in [7, 11) is 0. The molecule has 1 aromatic carbocycles. The van der Waals surface area contributed by atoms with Gasteiger partial charge in [0.2, 0.25) is 0 Å². The molecule has 0 aliphatic carbocycles. The summed E-state index contributed by atoms with van der Waals surface area (Å²) in [6, 6.07) is 2.28. The van der Waals surface area contributed by atoms with Crippen LogP contribution >= 0.6 is 0 Å². The smallest absolute Gasteiger partial charge is 0.0215 e. The van der Waals surface area contributed by atoms with Crippen molar-refractivity contribution in [3.63, 3.8) is 0 Å². The van der Waals surface area contributed by atoms with Crippen LogP contribution in [0, 0.1) is 27.7 Å². The lowest BCUT2D eigenvalue weighted by atomic mass is 9.93. The van der Waals surface area contributed by atoms with E-state index in [0.717, 1.165) is 6.54 Å². The molecule has 1 heteroatoms. The topological polar surface area (TPSA) is 12.0 Å². The van der Waals surface area contributed by atoms with Crippen molar-refractivity contribution in [2.75, 3.05) is 0 Å². The summed E-state index contributed by atoms with van der Waals surface area (Å²) in [5, 5.41) is 3.57. The minimum atomic E-state index is 0.177. The van der Waals surface area contributed by atoms with E-state index in [1.807, 2.05) is 0 Å². The van der Waals surface area contributed by atoms with Crippen LogP contribution < -0.4 is 5.32 Å². The Labute approximate surface area is 100 Å². The molecule has 0 aliphatic heterocycles. The van der Waals surface area contributed by atoms with Gasteiger partial charge in [-0.3, -0.25) is 0 Å². The summed E-state index contributed by atoms with van der Waals surface area (Å²) in [6.07, 6.45) is 0. The maximum atomic E-state index is 3.57. The largest absolute Gasteiger partial charge is 0.308 e. The molecule has 0 fully saturated rings. The molecule has 0 aliphatic rings. The van der Waals surface area contributed by atoms with E-state index in [2.05, 4.69) is 59.8 Å². The van der Waals surface area contributed by atoms with Crippen molar-refractivity contribution < 1.29 is 0 Å². The summed E-state index contributed by atoms with van der Waals surface area (Å²) in [4.78, 5) is 0. The fraction of sp³-hybridized carbons (Fsp3) is 0.600. The van der Waals surface area contributed by atoms with Crippen molar-refractivity contribution in [1.82, 2.24) is 5.32 Å². The molecule has 1 rings (SSSR count). The second-order valence-corrected chi connectivity index (χ2v) is 5.84. The van der Waals surface area contributed by atoms with E-state index in [1.165, 1.54) is 27.8 Å². The molecule has 90 valence electrons. The highest BCUT2D eigenvalue weighted by molar-refractivity contribution is 5.43.